The van der Waals surface area contributed by atoms with Crippen LogP contribution in [-0.4, -0.2) is 116 Å². The maximum atomic E-state index is 14.6. The van der Waals surface area contributed by atoms with Gasteiger partial charge < -0.3 is 67.5 Å². The quantitative estimate of drug-likeness (QED) is 0.00346. The summed E-state index contributed by atoms with van der Waals surface area (Å²) in [6.45, 7) is 5.74. The molecule has 0 bridgehead atoms. The fourth-order valence-electron chi connectivity index (χ4n) is 11.7. The molecule has 0 fully saturated rings. The topological polar surface area (TPSA) is 432 Å². The van der Waals surface area contributed by atoms with Gasteiger partial charge >= 0.3 is 30.0 Å². The average molecular weight is 1510 g/mol. The molecule has 568 valence electrons. The number of aliphatic carboxylic acids is 3. The number of carboxylic acid groups (broad SMARTS) is 3. The van der Waals surface area contributed by atoms with Gasteiger partial charge in [0, 0.05) is 40.6 Å². The number of benzene rings is 9. The van der Waals surface area contributed by atoms with Crippen molar-refractivity contribution in [2.24, 2.45) is 17.8 Å². The van der Waals surface area contributed by atoms with Gasteiger partial charge in [0.1, 0.15) is 41.6 Å². The number of carboxylic acids is 3. The number of para-hydroxylation sites is 1. The number of rotatable bonds is 33. The molecule has 4 amide bonds. The van der Waals surface area contributed by atoms with Crippen LogP contribution in [0.15, 0.2) is 241 Å². The fourth-order valence-corrected chi connectivity index (χ4v) is 12.2. The number of amides is 4. The highest BCUT2D eigenvalue weighted by Gasteiger charge is 2.39. The van der Waals surface area contributed by atoms with Crippen LogP contribution < -0.4 is 42.4 Å². The van der Waals surface area contributed by atoms with E-state index >= 15 is 0 Å². The van der Waals surface area contributed by atoms with Crippen molar-refractivity contribution >= 4 is 91.9 Å². The predicted molar refractivity (Wildman–Crippen MR) is 406 cm³/mol. The third kappa shape index (κ3) is 24.9. The third-order valence-corrected chi connectivity index (χ3v) is 18.2. The van der Waals surface area contributed by atoms with E-state index in [1.54, 1.807) is 130 Å². The molecule has 0 aliphatic heterocycles. The van der Waals surface area contributed by atoms with Crippen molar-refractivity contribution in [2.45, 2.75) is 100 Å². The van der Waals surface area contributed by atoms with Crippen molar-refractivity contribution in [3.05, 3.63) is 286 Å². The lowest BCUT2D eigenvalue weighted by atomic mass is 9.79. The van der Waals surface area contributed by atoms with Crippen LogP contribution >= 0.6 is 0 Å². The van der Waals surface area contributed by atoms with Crippen molar-refractivity contribution in [3.8, 4) is 5.75 Å². The number of nitro benzene ring substituents is 1. The molecule has 7 unspecified atom stereocenters. The van der Waals surface area contributed by atoms with Crippen molar-refractivity contribution in [1.82, 2.24) is 21.3 Å². The molecule has 0 spiro atoms. The number of esters is 1. The summed E-state index contributed by atoms with van der Waals surface area (Å²) in [6, 6.07) is 60.5. The van der Waals surface area contributed by atoms with E-state index in [-0.39, 0.29) is 35.6 Å². The molecule has 9 aromatic carbocycles. The highest BCUT2D eigenvalue weighted by Crippen LogP contribution is 2.39. The zero-order valence-electron chi connectivity index (χ0n) is 59.8. The number of hydrogen-bond acceptors (Lipinski definition) is 18. The van der Waals surface area contributed by atoms with Gasteiger partial charge in [0.15, 0.2) is 0 Å². The third-order valence-electron chi connectivity index (χ3n) is 17.3. The van der Waals surface area contributed by atoms with E-state index in [1.807, 2.05) is 97.9 Å². The Balaban J connectivity index is 0.000000314. The molecule has 27 nitrogen and oxygen atoms in total. The number of aryl methyl sites for hydroxylation is 1. The van der Waals surface area contributed by atoms with Crippen molar-refractivity contribution in [1.29, 1.82) is 0 Å². The minimum Gasteiger partial charge on any atom is -0.481 e. The number of nitrogens with zero attached hydrogens (tertiary/aromatic N) is 1. The Morgan fingerprint density at radius 3 is 1.24 bits per heavy atom. The second-order valence-corrected chi connectivity index (χ2v) is 28.1. The van der Waals surface area contributed by atoms with Gasteiger partial charge in [-0.3, -0.25) is 43.4 Å². The smallest absolute Gasteiger partial charge is 0.408 e. The van der Waals surface area contributed by atoms with Gasteiger partial charge in [-0.25, -0.2) is 9.59 Å². The Labute approximate surface area is 628 Å². The van der Waals surface area contributed by atoms with E-state index in [1.165, 1.54) is 12.1 Å². The summed E-state index contributed by atoms with van der Waals surface area (Å²) in [4.78, 5) is 117. The van der Waals surface area contributed by atoms with Gasteiger partial charge in [-0.2, -0.15) is 8.42 Å². The summed E-state index contributed by atoms with van der Waals surface area (Å²) in [6.07, 6.45) is -3.21. The standard InChI is InChI=1S/C49H55N5O15.C32H29N3O4S/c1-49(2,3)69-48(65)53-40(28-35(47(63)64)25-32-17-11-6-12-18-32)44(58)52-39(27-34(46(61)62)24-31-15-9-5-10-16-31)43(57)51-38(26-33(45(59)60)23-30-13-7-4-8-14-30)42(56)50-29-41(55)68-37-21-19-36(20-22-37)54(66)67;1-22-21-25(11-20-31(22)33)32(36,23-7-12-27(13-8-23)34-26-5-3-2-4-6-26)24-9-14-28(15-10-24)35-29-16-18-30(19-17-29)40(37,38)39/h4-22,33-35,38-40H,23-29H2,1-3H3,(H,50,56)(H,51,57)(H,52,58)(H,53,65)(H,59,60)(H,61,62)(H,63,64);2-21,34-36H,33H2,1H3,(H,37,38,39). The van der Waals surface area contributed by atoms with E-state index in [0.717, 1.165) is 46.9 Å². The number of hydrogen-bond donors (Lipinski definition) is 12. The van der Waals surface area contributed by atoms with Crippen LogP contribution in [0.4, 0.5) is 38.9 Å². The first-order valence-electron chi connectivity index (χ1n) is 34.4. The molecule has 0 aliphatic carbocycles. The Hall–Kier alpha value is -12.8. The van der Waals surface area contributed by atoms with Gasteiger partial charge in [-0.15, -0.1) is 0 Å². The number of anilines is 5. The zero-order chi connectivity index (χ0) is 79.0. The van der Waals surface area contributed by atoms with Crippen LogP contribution in [0.25, 0.3) is 0 Å². The van der Waals surface area contributed by atoms with Crippen molar-refractivity contribution < 1.29 is 86.1 Å². The van der Waals surface area contributed by atoms with Gasteiger partial charge in [-0.05, 0) is 184 Å². The maximum absolute atomic E-state index is 14.6. The second kappa shape index (κ2) is 38.0. The van der Waals surface area contributed by atoms with Gasteiger partial charge in [-0.1, -0.05) is 146 Å². The molecule has 13 N–H and O–H groups in total. The second-order valence-electron chi connectivity index (χ2n) is 26.7. The van der Waals surface area contributed by atoms with E-state index in [4.69, 9.17) is 15.2 Å². The molecule has 0 heterocycles. The molecular formula is C81H84N8O19S. The molecule has 0 radical (unpaired) electrons. The number of nitrogen functional groups attached to an aromatic ring is 1. The molecular weight excluding hydrogens is 1420 g/mol. The first kappa shape index (κ1) is 81.9. The fraction of sp³-hybridized carbons (Fsp3) is 0.235. The first-order chi connectivity index (χ1) is 51.8. The highest BCUT2D eigenvalue weighted by molar-refractivity contribution is 7.85. The maximum Gasteiger partial charge on any atom is 0.408 e. The largest absolute Gasteiger partial charge is 0.481 e. The molecule has 9 rings (SSSR count). The Morgan fingerprint density at radius 1 is 0.495 bits per heavy atom. The number of nitro groups is 1. The summed E-state index contributed by atoms with van der Waals surface area (Å²) < 4.78 is 42.4. The van der Waals surface area contributed by atoms with Crippen molar-refractivity contribution in [3.63, 3.8) is 0 Å². The SMILES string of the molecule is CC(C)(C)OC(=O)NC(CC(Cc1ccccc1)C(=O)O)C(=O)NC(CC(Cc1ccccc1)C(=O)O)C(=O)NC(CC(Cc1ccccc1)C(=O)O)C(=O)NCC(=O)Oc1ccc([N+](=O)[O-])cc1.Cc1cc(C(O)(c2ccc(Nc3ccccc3)cc2)c2ccc(Nc3ccc(S(=O)(=O)O)cc3)cc2)ccc1N. The summed E-state index contributed by atoms with van der Waals surface area (Å²) in [5.41, 5.74) is 11.8. The lowest BCUT2D eigenvalue weighted by molar-refractivity contribution is -0.384. The van der Waals surface area contributed by atoms with Crippen LogP contribution in [0.2, 0.25) is 0 Å². The Kier molecular flexibility index (Phi) is 28.5. The summed E-state index contributed by atoms with van der Waals surface area (Å²) in [5.74, 6) is -12.6. The predicted octanol–water partition coefficient (Wildman–Crippen LogP) is 11.1. The van der Waals surface area contributed by atoms with Crippen LogP contribution in [0.3, 0.4) is 0 Å². The Morgan fingerprint density at radius 2 is 0.862 bits per heavy atom. The summed E-state index contributed by atoms with van der Waals surface area (Å²) >= 11 is 0. The van der Waals surface area contributed by atoms with E-state index < -0.39 is 136 Å². The molecule has 109 heavy (non-hydrogen) atoms. The summed E-state index contributed by atoms with van der Waals surface area (Å²) in [5, 5.41) is 70.6. The van der Waals surface area contributed by atoms with Crippen LogP contribution in [0.1, 0.15) is 79.0 Å². The lowest BCUT2D eigenvalue weighted by Crippen LogP contribution is -2.58. The van der Waals surface area contributed by atoms with Gasteiger partial charge in [0.25, 0.3) is 15.8 Å². The normalized spacial score (nSPS) is 13.4. The zero-order valence-corrected chi connectivity index (χ0v) is 60.6. The summed E-state index contributed by atoms with van der Waals surface area (Å²) in [7, 11) is -4.26. The molecule has 0 saturated heterocycles. The lowest BCUT2D eigenvalue weighted by Gasteiger charge is -2.31. The van der Waals surface area contributed by atoms with Crippen LogP contribution in [0.5, 0.6) is 5.75 Å². The van der Waals surface area contributed by atoms with E-state index in [0.29, 0.717) is 44.8 Å². The number of aliphatic hydroxyl groups is 1. The minimum atomic E-state index is -4.26. The number of carbonyl (C=O) groups is 8. The molecule has 0 aromatic heterocycles. The average Bonchev–Trinajstić information content (AvgIpc) is 0.759. The molecule has 0 aliphatic rings. The molecule has 7 atom stereocenters. The van der Waals surface area contributed by atoms with E-state index in [9.17, 15) is 81.9 Å². The molecule has 9 aromatic rings. The number of nitrogens with two attached hydrogens (primary N) is 1. The monoisotopic (exact) mass is 1500 g/mol. The van der Waals surface area contributed by atoms with Gasteiger partial charge in [0.2, 0.25) is 17.7 Å². The number of carbonyl (C=O) groups excluding carboxylic acids is 5. The Bertz CT molecular complexity index is 4730. The molecule has 28 heteroatoms. The highest BCUT2D eigenvalue weighted by atomic mass is 32.2. The van der Waals surface area contributed by atoms with Crippen molar-refractivity contribution in [2.75, 3.05) is 22.9 Å². The van der Waals surface area contributed by atoms with Crippen LogP contribution in [0, 0.1) is 34.8 Å². The number of non-ortho nitro benzene ring substituents is 1. The minimum absolute atomic E-state index is 0.0794. The number of alkyl carbamates (subject to hydrolysis) is 1. The van der Waals surface area contributed by atoms with Gasteiger partial charge in [0.05, 0.1) is 27.6 Å². The number of nitrogens with one attached hydrogen (secondary N) is 6. The van der Waals surface area contributed by atoms with E-state index in [2.05, 4.69) is 31.9 Å². The number of ether oxygens (including phenoxy) is 2. The first-order valence-corrected chi connectivity index (χ1v) is 35.8. The van der Waals surface area contributed by atoms with Crippen LogP contribution in [-0.2, 0) is 73.3 Å². The molecule has 0 saturated carbocycles.